The number of hydrogen-bond donors (Lipinski definition) is 0. The van der Waals surface area contributed by atoms with Crippen molar-refractivity contribution in [2.75, 3.05) is 0 Å². The molecule has 0 saturated heterocycles. The Morgan fingerprint density at radius 3 is 2.71 bits per heavy atom. The number of carbonyl (C=O) groups is 1. The highest BCUT2D eigenvalue weighted by atomic mass is 79.9. The Labute approximate surface area is 109 Å². The van der Waals surface area contributed by atoms with Crippen LogP contribution in [0, 0.1) is 0 Å². The zero-order valence-corrected chi connectivity index (χ0v) is 10.9. The monoisotopic (exact) mass is 292 g/mol. The molecule has 1 aromatic heterocycles. The van der Waals surface area contributed by atoms with Gasteiger partial charge < -0.3 is 0 Å². The number of hydrogen-bond acceptors (Lipinski definition) is 2. The van der Waals surface area contributed by atoms with Crippen molar-refractivity contribution in [2.24, 2.45) is 0 Å². The van der Waals surface area contributed by atoms with Gasteiger partial charge in [0.1, 0.15) is 0 Å². The second kappa shape index (κ2) is 5.77. The number of nitrogens with zero attached hydrogens (tertiary/aromatic N) is 2. The third kappa shape index (κ3) is 3.53. The first-order chi connectivity index (χ1) is 8.25. The maximum absolute atomic E-state index is 11.8. The molecule has 1 aromatic carbocycles. The lowest BCUT2D eigenvalue weighted by molar-refractivity contribution is 0.0978. The summed E-state index contributed by atoms with van der Waals surface area (Å²) in [5, 5.41) is 4.14. The van der Waals surface area contributed by atoms with Gasteiger partial charge in [0.05, 0.1) is 10.7 Å². The summed E-state index contributed by atoms with van der Waals surface area (Å²) in [5.74, 6) is 0.192. The Balaban J connectivity index is 1.81. The fourth-order valence-corrected chi connectivity index (χ4v) is 1.96. The molecule has 0 fully saturated rings. The summed E-state index contributed by atoms with van der Waals surface area (Å²) < 4.78 is 2.80. The highest BCUT2D eigenvalue weighted by Crippen LogP contribution is 2.09. The molecule has 0 aliphatic heterocycles. The average molecular weight is 293 g/mol. The topological polar surface area (TPSA) is 34.9 Å². The third-order valence-electron chi connectivity index (χ3n) is 2.49. The first-order valence-electron chi connectivity index (χ1n) is 5.52. The lowest BCUT2D eigenvalue weighted by Gasteiger charge is -2.01. The van der Waals surface area contributed by atoms with E-state index in [9.17, 15) is 4.79 Å². The maximum Gasteiger partial charge on any atom is 0.162 e. The standard InChI is InChI=1S/C13H13BrN2O/c14-12-9-15-16(10-12)8-4-7-13(17)11-5-2-1-3-6-11/h1-3,5-6,9-10H,4,7-8H2. The number of carbonyl (C=O) groups excluding carboxylic acids is 1. The summed E-state index contributed by atoms with van der Waals surface area (Å²) in [7, 11) is 0. The van der Waals surface area contributed by atoms with E-state index in [-0.39, 0.29) is 5.78 Å². The van der Waals surface area contributed by atoms with Gasteiger partial charge in [-0.05, 0) is 22.4 Å². The molecule has 2 aromatic rings. The Hall–Kier alpha value is -1.42. The van der Waals surface area contributed by atoms with Gasteiger partial charge in [-0.25, -0.2) is 0 Å². The van der Waals surface area contributed by atoms with E-state index in [1.165, 1.54) is 0 Å². The molecule has 0 aliphatic carbocycles. The molecular weight excluding hydrogens is 280 g/mol. The van der Waals surface area contributed by atoms with E-state index in [2.05, 4.69) is 21.0 Å². The molecule has 17 heavy (non-hydrogen) atoms. The van der Waals surface area contributed by atoms with Gasteiger partial charge in [0.2, 0.25) is 0 Å². The Morgan fingerprint density at radius 1 is 1.29 bits per heavy atom. The molecule has 2 rings (SSSR count). The number of aryl methyl sites for hydroxylation is 1. The first kappa shape index (κ1) is 12.0. The predicted octanol–water partition coefficient (Wildman–Crippen LogP) is 3.31. The molecule has 0 atom stereocenters. The molecule has 0 spiro atoms. The molecule has 0 N–H and O–H groups in total. The van der Waals surface area contributed by atoms with Crippen molar-refractivity contribution in [3.05, 3.63) is 52.8 Å². The molecule has 0 unspecified atom stereocenters. The van der Waals surface area contributed by atoms with Crippen molar-refractivity contribution in [2.45, 2.75) is 19.4 Å². The van der Waals surface area contributed by atoms with Crippen molar-refractivity contribution >= 4 is 21.7 Å². The predicted molar refractivity (Wildman–Crippen MR) is 69.9 cm³/mol. The zero-order valence-electron chi connectivity index (χ0n) is 9.34. The van der Waals surface area contributed by atoms with Crippen LogP contribution in [-0.4, -0.2) is 15.6 Å². The van der Waals surface area contributed by atoms with Crippen LogP contribution in [-0.2, 0) is 6.54 Å². The van der Waals surface area contributed by atoms with Crippen LogP contribution in [0.25, 0.3) is 0 Å². The van der Waals surface area contributed by atoms with Crippen LogP contribution in [0.5, 0.6) is 0 Å². The van der Waals surface area contributed by atoms with Gasteiger partial charge in [-0.3, -0.25) is 9.48 Å². The van der Waals surface area contributed by atoms with Crippen LogP contribution in [0.4, 0.5) is 0 Å². The second-order valence-electron chi connectivity index (χ2n) is 3.81. The molecular formula is C13H13BrN2O. The highest BCUT2D eigenvalue weighted by Gasteiger charge is 2.04. The Kier molecular flexibility index (Phi) is 4.09. The fraction of sp³-hybridized carbons (Fsp3) is 0.231. The summed E-state index contributed by atoms with van der Waals surface area (Å²) in [5.41, 5.74) is 0.786. The second-order valence-corrected chi connectivity index (χ2v) is 4.73. The Bertz CT molecular complexity index is 493. The minimum atomic E-state index is 0.192. The SMILES string of the molecule is O=C(CCCn1cc(Br)cn1)c1ccccc1. The van der Waals surface area contributed by atoms with Crippen LogP contribution in [0.3, 0.4) is 0 Å². The van der Waals surface area contributed by atoms with Crippen LogP contribution in [0.2, 0.25) is 0 Å². The maximum atomic E-state index is 11.8. The number of ketones is 1. The minimum Gasteiger partial charge on any atom is -0.294 e. The lowest BCUT2D eigenvalue weighted by Crippen LogP contribution is -2.03. The fourth-order valence-electron chi connectivity index (χ4n) is 1.63. The van der Waals surface area contributed by atoms with E-state index in [0.717, 1.165) is 23.0 Å². The van der Waals surface area contributed by atoms with E-state index in [4.69, 9.17) is 0 Å². The molecule has 3 nitrogen and oxygen atoms in total. The third-order valence-corrected chi connectivity index (χ3v) is 2.90. The van der Waals surface area contributed by atoms with E-state index in [1.807, 2.05) is 41.2 Å². The molecule has 0 amide bonds. The van der Waals surface area contributed by atoms with Gasteiger partial charge >= 0.3 is 0 Å². The van der Waals surface area contributed by atoms with Gasteiger partial charge in [-0.1, -0.05) is 30.3 Å². The minimum absolute atomic E-state index is 0.192. The van der Waals surface area contributed by atoms with Crippen molar-refractivity contribution < 1.29 is 4.79 Å². The van der Waals surface area contributed by atoms with Crippen molar-refractivity contribution in [1.29, 1.82) is 0 Å². The molecule has 4 heteroatoms. The van der Waals surface area contributed by atoms with Crippen LogP contribution in [0.1, 0.15) is 23.2 Å². The highest BCUT2D eigenvalue weighted by molar-refractivity contribution is 9.10. The molecule has 0 saturated carbocycles. The normalized spacial score (nSPS) is 10.4. The molecule has 0 radical (unpaired) electrons. The zero-order chi connectivity index (χ0) is 12.1. The largest absolute Gasteiger partial charge is 0.294 e. The Morgan fingerprint density at radius 2 is 2.06 bits per heavy atom. The van der Waals surface area contributed by atoms with Gasteiger partial charge in [-0.2, -0.15) is 5.10 Å². The number of halogens is 1. The molecule has 88 valence electrons. The van der Waals surface area contributed by atoms with Crippen LogP contribution < -0.4 is 0 Å². The first-order valence-corrected chi connectivity index (χ1v) is 6.31. The number of benzene rings is 1. The summed E-state index contributed by atoms with van der Waals surface area (Å²) >= 11 is 3.34. The number of Topliss-reactive ketones (excluding diaryl/α,β-unsaturated/α-hetero) is 1. The summed E-state index contributed by atoms with van der Waals surface area (Å²) in [6.07, 6.45) is 5.02. The lowest BCUT2D eigenvalue weighted by atomic mass is 10.1. The molecule has 0 aliphatic rings. The molecule has 0 bridgehead atoms. The van der Waals surface area contributed by atoms with E-state index in [1.54, 1.807) is 6.20 Å². The van der Waals surface area contributed by atoms with Crippen LogP contribution >= 0.6 is 15.9 Å². The number of rotatable bonds is 5. The van der Waals surface area contributed by atoms with Gasteiger partial charge in [0, 0.05) is 24.7 Å². The van der Waals surface area contributed by atoms with E-state index >= 15 is 0 Å². The van der Waals surface area contributed by atoms with Crippen LogP contribution in [0.15, 0.2) is 47.2 Å². The van der Waals surface area contributed by atoms with E-state index < -0.39 is 0 Å². The van der Waals surface area contributed by atoms with Gasteiger partial charge in [-0.15, -0.1) is 0 Å². The van der Waals surface area contributed by atoms with Gasteiger partial charge in [0.15, 0.2) is 5.78 Å². The average Bonchev–Trinajstić information content (AvgIpc) is 2.76. The quantitative estimate of drug-likeness (QED) is 0.793. The van der Waals surface area contributed by atoms with E-state index in [0.29, 0.717) is 6.42 Å². The number of aromatic nitrogens is 2. The summed E-state index contributed by atoms with van der Waals surface area (Å²) in [6.45, 7) is 0.768. The van der Waals surface area contributed by atoms with Gasteiger partial charge in [0.25, 0.3) is 0 Å². The summed E-state index contributed by atoms with van der Waals surface area (Å²) in [6, 6.07) is 9.40. The smallest absolute Gasteiger partial charge is 0.162 e. The molecule has 1 heterocycles. The van der Waals surface area contributed by atoms with Crippen molar-refractivity contribution in [1.82, 2.24) is 9.78 Å². The summed E-state index contributed by atoms with van der Waals surface area (Å²) in [4.78, 5) is 11.8. The van der Waals surface area contributed by atoms with Crippen molar-refractivity contribution in [3.8, 4) is 0 Å². The van der Waals surface area contributed by atoms with Crippen molar-refractivity contribution in [3.63, 3.8) is 0 Å².